The third kappa shape index (κ3) is 6.13. The maximum absolute atomic E-state index is 6.45. The molecule has 0 fully saturated rings. The van der Waals surface area contributed by atoms with Gasteiger partial charge in [-0.25, -0.2) is 9.98 Å². The molecule has 4 aromatic heterocycles. The van der Waals surface area contributed by atoms with Crippen LogP contribution in [0.5, 0.6) is 0 Å². The number of nitrogens with zero attached hydrogens (tertiary/aromatic N) is 3. The second-order valence-corrected chi connectivity index (χ2v) is 19.2. The van der Waals surface area contributed by atoms with Gasteiger partial charge in [0.15, 0.2) is 5.84 Å². The highest BCUT2D eigenvalue weighted by Gasteiger charge is 2.28. The number of hydrogen-bond donors (Lipinski definition) is 1. The zero-order valence-corrected chi connectivity index (χ0v) is 39.6. The van der Waals surface area contributed by atoms with Gasteiger partial charge in [-0.2, -0.15) is 0 Å². The van der Waals surface area contributed by atoms with Gasteiger partial charge >= 0.3 is 0 Å². The topological polar surface area (TPSA) is 81.1 Å². The van der Waals surface area contributed by atoms with Gasteiger partial charge in [0, 0.05) is 59.8 Å². The molecule has 7 heteroatoms. The van der Waals surface area contributed by atoms with Crippen molar-refractivity contribution in [3.63, 3.8) is 0 Å². The predicted octanol–water partition coefficient (Wildman–Crippen LogP) is 17.5. The van der Waals surface area contributed by atoms with Crippen molar-refractivity contribution in [2.45, 2.75) is 6.17 Å². The zero-order chi connectivity index (χ0) is 48.4. The van der Waals surface area contributed by atoms with E-state index < -0.39 is 6.17 Å². The minimum Gasteiger partial charge on any atom is -0.456 e. The first-order valence-corrected chi connectivity index (χ1v) is 25.0. The van der Waals surface area contributed by atoms with Crippen LogP contribution in [0.1, 0.15) is 22.9 Å². The van der Waals surface area contributed by atoms with E-state index in [-0.39, 0.29) is 0 Å². The van der Waals surface area contributed by atoms with Gasteiger partial charge in [-0.3, -0.25) is 0 Å². The smallest absolute Gasteiger partial charge is 0.160 e. The van der Waals surface area contributed by atoms with Gasteiger partial charge in [0.1, 0.15) is 45.5 Å². The summed E-state index contributed by atoms with van der Waals surface area (Å²) in [5.74, 6) is 1.30. The van der Waals surface area contributed by atoms with Gasteiger partial charge in [-0.15, -0.1) is 0 Å². The van der Waals surface area contributed by atoms with Gasteiger partial charge in [-0.1, -0.05) is 158 Å². The van der Waals surface area contributed by atoms with Crippen LogP contribution in [-0.4, -0.2) is 16.2 Å². The molecular formula is C67H40N4O3. The molecule has 0 amide bonds. The second kappa shape index (κ2) is 15.8. The Morgan fingerprint density at radius 1 is 0.365 bits per heavy atom. The first kappa shape index (κ1) is 40.7. The summed E-state index contributed by atoms with van der Waals surface area (Å²) in [5, 5.41) is 14.8. The van der Waals surface area contributed by atoms with Crippen LogP contribution in [0, 0.1) is 0 Å². The van der Waals surface area contributed by atoms with Crippen molar-refractivity contribution in [3.8, 4) is 27.9 Å². The highest BCUT2D eigenvalue weighted by atomic mass is 16.3. The van der Waals surface area contributed by atoms with Crippen LogP contribution in [-0.2, 0) is 0 Å². The Labute approximate surface area is 422 Å². The third-order valence-corrected chi connectivity index (χ3v) is 15.1. The number of aliphatic imine (C=N–C) groups is 2. The summed E-state index contributed by atoms with van der Waals surface area (Å²) >= 11 is 0. The molecule has 1 atom stereocenters. The van der Waals surface area contributed by atoms with E-state index >= 15 is 0 Å². The molecule has 1 N–H and O–H groups in total. The lowest BCUT2D eigenvalue weighted by atomic mass is 9.97. The summed E-state index contributed by atoms with van der Waals surface area (Å²) < 4.78 is 21.8. The number of rotatable bonds is 6. The fraction of sp³-hybridized carbons (Fsp3) is 0.0149. The maximum atomic E-state index is 6.45. The van der Waals surface area contributed by atoms with Crippen molar-refractivity contribution in [2.24, 2.45) is 9.98 Å². The summed E-state index contributed by atoms with van der Waals surface area (Å²) in [6.45, 7) is 0. The monoisotopic (exact) mass is 948 g/mol. The molecule has 15 aromatic rings. The normalized spacial score (nSPS) is 14.1. The molecule has 0 saturated carbocycles. The number of furan rings is 3. The number of nitrogens with one attached hydrogen (secondary N) is 1. The molecule has 1 unspecified atom stereocenters. The molecule has 11 aromatic carbocycles. The molecule has 1 aliphatic rings. The second-order valence-electron chi connectivity index (χ2n) is 19.2. The SMILES string of the molecule is c1ccc(-c2cccc3c2c2cc4ccccc4cc2n3-c2ccc(C3N=C(c4cccc5oc6ccccc6c45)N=C(c4cccc5oc6ccccc6c45)N3)cc2-c2ccc3oc4ccccc4c3c2)cc1. The molecule has 0 bridgehead atoms. The number of fused-ring (bicyclic) bond motifs is 13. The molecule has 16 rings (SSSR count). The van der Waals surface area contributed by atoms with Crippen molar-refractivity contribution < 1.29 is 13.3 Å². The lowest BCUT2D eigenvalue weighted by molar-refractivity contribution is 0.667. The van der Waals surface area contributed by atoms with Gasteiger partial charge in [0.2, 0.25) is 0 Å². The molecule has 0 aliphatic carbocycles. The van der Waals surface area contributed by atoms with Crippen molar-refractivity contribution in [3.05, 3.63) is 247 Å². The minimum atomic E-state index is -0.558. The quantitative estimate of drug-likeness (QED) is 0.180. The Balaban J connectivity index is 0.967. The predicted molar refractivity (Wildman–Crippen MR) is 303 cm³/mol. The number of para-hydroxylation sites is 3. The average molecular weight is 949 g/mol. The minimum absolute atomic E-state index is 0.558. The summed E-state index contributed by atoms with van der Waals surface area (Å²) in [4.78, 5) is 11.0. The van der Waals surface area contributed by atoms with Gasteiger partial charge in [0.05, 0.1) is 16.7 Å². The van der Waals surface area contributed by atoms with Crippen LogP contribution in [0.2, 0.25) is 0 Å². The van der Waals surface area contributed by atoms with Crippen LogP contribution in [0.15, 0.2) is 254 Å². The number of hydrogen-bond acceptors (Lipinski definition) is 6. The highest BCUT2D eigenvalue weighted by molar-refractivity contribution is 6.25. The first-order chi connectivity index (χ1) is 36.7. The zero-order valence-electron chi connectivity index (χ0n) is 39.6. The fourth-order valence-electron chi connectivity index (χ4n) is 11.7. The first-order valence-electron chi connectivity index (χ1n) is 25.0. The van der Waals surface area contributed by atoms with E-state index in [4.69, 9.17) is 23.2 Å². The Bertz CT molecular complexity index is 4890. The van der Waals surface area contributed by atoms with Crippen LogP contribution in [0.3, 0.4) is 0 Å². The largest absolute Gasteiger partial charge is 0.456 e. The molecule has 0 radical (unpaired) electrons. The standard InChI is InChI=1S/C67H40N4O3/c1-2-15-39(16-3-1)44-22-12-25-54-62(44)52-35-40-17-4-5-18-41(40)38-55(52)71(54)53-33-31-43(37-50(53)42-32-34-59-51(36-42)45-19-6-9-26-56(45)72-59)65-68-66(48-23-13-29-60-63(48)46-20-7-10-27-57(46)73-60)70-67(69-65)49-24-14-30-61-64(49)47-21-8-11-28-58(47)74-61/h1-38,65H,(H,68,69,70). The van der Waals surface area contributed by atoms with E-state index in [1.54, 1.807) is 0 Å². The molecule has 0 spiro atoms. The lowest BCUT2D eigenvalue weighted by Gasteiger charge is -2.25. The van der Waals surface area contributed by atoms with Gasteiger partial charge in [0.25, 0.3) is 0 Å². The van der Waals surface area contributed by atoms with Crippen molar-refractivity contribution >= 4 is 110 Å². The van der Waals surface area contributed by atoms with E-state index in [1.807, 2.05) is 60.7 Å². The van der Waals surface area contributed by atoms with Gasteiger partial charge < -0.3 is 23.1 Å². The Morgan fingerprint density at radius 3 is 1.73 bits per heavy atom. The highest BCUT2D eigenvalue weighted by Crippen LogP contribution is 2.44. The molecular weight excluding hydrogens is 909 g/mol. The van der Waals surface area contributed by atoms with E-state index in [1.165, 1.54) is 32.7 Å². The van der Waals surface area contributed by atoms with Crippen LogP contribution in [0.25, 0.3) is 126 Å². The number of aromatic nitrogens is 1. The molecule has 346 valence electrons. The van der Waals surface area contributed by atoms with E-state index in [0.29, 0.717) is 11.7 Å². The summed E-state index contributed by atoms with van der Waals surface area (Å²) in [6, 6.07) is 81.2. The fourth-order valence-corrected chi connectivity index (χ4v) is 11.7. The summed E-state index contributed by atoms with van der Waals surface area (Å²) in [6.07, 6.45) is -0.558. The van der Waals surface area contributed by atoms with Crippen molar-refractivity contribution in [2.75, 3.05) is 0 Å². The summed E-state index contributed by atoms with van der Waals surface area (Å²) in [7, 11) is 0. The number of amidine groups is 2. The molecule has 0 saturated heterocycles. The van der Waals surface area contributed by atoms with Crippen LogP contribution >= 0.6 is 0 Å². The molecule has 7 nitrogen and oxygen atoms in total. The van der Waals surface area contributed by atoms with Crippen molar-refractivity contribution in [1.82, 2.24) is 9.88 Å². The van der Waals surface area contributed by atoms with E-state index in [2.05, 4.69) is 180 Å². The molecule has 5 heterocycles. The number of benzene rings is 11. The average Bonchev–Trinajstić information content (AvgIpc) is 4.24. The Morgan fingerprint density at radius 2 is 0.959 bits per heavy atom. The van der Waals surface area contributed by atoms with Crippen LogP contribution < -0.4 is 5.32 Å². The maximum Gasteiger partial charge on any atom is 0.160 e. The molecule has 1 aliphatic heterocycles. The summed E-state index contributed by atoms with van der Waals surface area (Å²) in [5.41, 5.74) is 15.4. The Kier molecular flexibility index (Phi) is 8.67. The Hall–Kier alpha value is -9.98. The van der Waals surface area contributed by atoms with E-state index in [0.717, 1.165) is 110 Å². The van der Waals surface area contributed by atoms with Crippen LogP contribution in [0.4, 0.5) is 0 Å². The lowest BCUT2D eigenvalue weighted by Crippen LogP contribution is -2.33. The molecule has 74 heavy (non-hydrogen) atoms. The third-order valence-electron chi connectivity index (χ3n) is 15.1. The van der Waals surface area contributed by atoms with E-state index in [9.17, 15) is 0 Å². The van der Waals surface area contributed by atoms with Gasteiger partial charge in [-0.05, 0) is 106 Å². The van der Waals surface area contributed by atoms with Crippen molar-refractivity contribution in [1.29, 1.82) is 0 Å².